The van der Waals surface area contributed by atoms with Crippen molar-refractivity contribution in [3.63, 3.8) is 0 Å². The highest BCUT2D eigenvalue weighted by Crippen LogP contribution is 2.12. The van der Waals surface area contributed by atoms with Gasteiger partial charge in [0.15, 0.2) is 6.10 Å². The summed E-state index contributed by atoms with van der Waals surface area (Å²) < 4.78 is 15.3. The standard InChI is InChI=1S/C21H24N2O6/c1-14(23-19(24)11-8-16-6-9-17(27-3)10-7-16)21(26)29-15(2)20(25)22-13-18-5-4-12-28-18/h4-12,14-15H,13H2,1-3H3,(H,22,25)(H,23,24)/b11-8+/t14-,15+/m0/s1. The number of hydrogen-bond acceptors (Lipinski definition) is 6. The van der Waals surface area contributed by atoms with Crippen LogP contribution in [0.4, 0.5) is 0 Å². The summed E-state index contributed by atoms with van der Waals surface area (Å²) in [5, 5.41) is 5.10. The average molecular weight is 400 g/mol. The molecule has 0 bridgehead atoms. The summed E-state index contributed by atoms with van der Waals surface area (Å²) in [5.41, 5.74) is 0.804. The zero-order valence-electron chi connectivity index (χ0n) is 16.5. The first-order valence-electron chi connectivity index (χ1n) is 9.02. The smallest absolute Gasteiger partial charge is 0.329 e. The molecule has 8 heteroatoms. The molecule has 2 aromatic rings. The van der Waals surface area contributed by atoms with Crippen LogP contribution in [0.25, 0.3) is 6.08 Å². The fourth-order valence-corrected chi connectivity index (χ4v) is 2.27. The van der Waals surface area contributed by atoms with E-state index < -0.39 is 29.9 Å². The van der Waals surface area contributed by atoms with E-state index in [-0.39, 0.29) is 6.54 Å². The third-order valence-electron chi connectivity index (χ3n) is 3.93. The van der Waals surface area contributed by atoms with Crippen LogP contribution in [0.1, 0.15) is 25.2 Å². The van der Waals surface area contributed by atoms with Crippen molar-refractivity contribution in [1.29, 1.82) is 0 Å². The maximum absolute atomic E-state index is 12.1. The Labute approximate surface area is 168 Å². The number of carbonyl (C=O) groups excluding carboxylic acids is 3. The van der Waals surface area contributed by atoms with Gasteiger partial charge >= 0.3 is 5.97 Å². The number of hydrogen-bond donors (Lipinski definition) is 2. The van der Waals surface area contributed by atoms with Crippen molar-refractivity contribution < 1.29 is 28.3 Å². The summed E-state index contributed by atoms with van der Waals surface area (Å²) in [6, 6.07) is 9.65. The number of amides is 2. The number of methoxy groups -OCH3 is 1. The predicted octanol–water partition coefficient (Wildman–Crippen LogP) is 2.05. The molecular formula is C21H24N2O6. The molecule has 2 atom stereocenters. The van der Waals surface area contributed by atoms with Gasteiger partial charge in [-0.3, -0.25) is 9.59 Å². The van der Waals surface area contributed by atoms with E-state index in [1.54, 1.807) is 49.6 Å². The Balaban J connectivity index is 1.76. The van der Waals surface area contributed by atoms with Crippen molar-refractivity contribution in [1.82, 2.24) is 10.6 Å². The van der Waals surface area contributed by atoms with Gasteiger partial charge in [-0.05, 0) is 49.8 Å². The van der Waals surface area contributed by atoms with E-state index in [0.29, 0.717) is 11.5 Å². The van der Waals surface area contributed by atoms with E-state index in [4.69, 9.17) is 13.9 Å². The maximum Gasteiger partial charge on any atom is 0.329 e. The van der Waals surface area contributed by atoms with Gasteiger partial charge in [-0.25, -0.2) is 4.79 Å². The first-order chi connectivity index (χ1) is 13.9. The van der Waals surface area contributed by atoms with Gasteiger partial charge in [0.25, 0.3) is 5.91 Å². The zero-order chi connectivity index (χ0) is 21.2. The Bertz CT molecular complexity index is 843. The highest BCUT2D eigenvalue weighted by Gasteiger charge is 2.22. The molecule has 1 aromatic heterocycles. The number of ether oxygens (including phenoxy) is 2. The SMILES string of the molecule is COc1ccc(/C=C/C(=O)N[C@@H](C)C(=O)O[C@H](C)C(=O)NCc2ccco2)cc1. The van der Waals surface area contributed by atoms with Crippen molar-refractivity contribution in [3.8, 4) is 5.75 Å². The molecule has 2 N–H and O–H groups in total. The zero-order valence-corrected chi connectivity index (χ0v) is 16.5. The van der Waals surface area contributed by atoms with E-state index >= 15 is 0 Å². The maximum atomic E-state index is 12.1. The van der Waals surface area contributed by atoms with E-state index in [1.165, 1.54) is 26.2 Å². The van der Waals surface area contributed by atoms with Crippen LogP contribution in [0.15, 0.2) is 53.2 Å². The highest BCUT2D eigenvalue weighted by atomic mass is 16.5. The Morgan fingerprint density at radius 1 is 1.14 bits per heavy atom. The molecule has 0 spiro atoms. The Kier molecular flexibility index (Phi) is 8.02. The Hall–Kier alpha value is -3.55. The van der Waals surface area contributed by atoms with Crippen molar-refractivity contribution in [2.45, 2.75) is 32.5 Å². The molecule has 1 aromatic carbocycles. The summed E-state index contributed by atoms with van der Waals surface area (Å²) in [6.07, 6.45) is 3.41. The molecule has 0 radical (unpaired) electrons. The van der Waals surface area contributed by atoms with Gasteiger partial charge in [-0.2, -0.15) is 0 Å². The monoisotopic (exact) mass is 400 g/mol. The lowest BCUT2D eigenvalue weighted by molar-refractivity contribution is -0.157. The molecule has 2 amide bonds. The minimum atomic E-state index is -1.01. The van der Waals surface area contributed by atoms with Crippen LogP contribution < -0.4 is 15.4 Å². The van der Waals surface area contributed by atoms with E-state index in [2.05, 4.69) is 10.6 Å². The third-order valence-corrected chi connectivity index (χ3v) is 3.93. The lowest BCUT2D eigenvalue weighted by Gasteiger charge is -2.16. The van der Waals surface area contributed by atoms with Gasteiger partial charge in [-0.1, -0.05) is 12.1 Å². The van der Waals surface area contributed by atoms with E-state index in [1.807, 2.05) is 0 Å². The molecule has 0 saturated heterocycles. The third kappa shape index (κ3) is 7.17. The molecule has 29 heavy (non-hydrogen) atoms. The van der Waals surface area contributed by atoms with E-state index in [9.17, 15) is 14.4 Å². The molecule has 154 valence electrons. The van der Waals surface area contributed by atoms with Crippen LogP contribution in [0.2, 0.25) is 0 Å². The van der Waals surface area contributed by atoms with Crippen LogP contribution in [0.3, 0.4) is 0 Å². The van der Waals surface area contributed by atoms with Gasteiger partial charge in [0.1, 0.15) is 17.6 Å². The Morgan fingerprint density at radius 2 is 1.86 bits per heavy atom. The average Bonchev–Trinajstić information content (AvgIpc) is 3.24. The lowest BCUT2D eigenvalue weighted by atomic mass is 10.2. The summed E-state index contributed by atoms with van der Waals surface area (Å²) >= 11 is 0. The number of furan rings is 1. The molecule has 0 unspecified atom stereocenters. The second-order valence-corrected chi connectivity index (χ2v) is 6.21. The van der Waals surface area contributed by atoms with E-state index in [0.717, 1.165) is 5.56 Å². The van der Waals surface area contributed by atoms with Crippen LogP contribution in [-0.4, -0.2) is 37.0 Å². The van der Waals surface area contributed by atoms with Crippen molar-refractivity contribution in [2.75, 3.05) is 7.11 Å². The second kappa shape index (κ2) is 10.7. The molecule has 2 rings (SSSR count). The summed E-state index contributed by atoms with van der Waals surface area (Å²) in [5.74, 6) is -0.337. The van der Waals surface area contributed by atoms with Crippen LogP contribution >= 0.6 is 0 Å². The van der Waals surface area contributed by atoms with Gasteiger partial charge < -0.3 is 24.5 Å². The summed E-state index contributed by atoms with van der Waals surface area (Å²) in [6.45, 7) is 3.12. The summed E-state index contributed by atoms with van der Waals surface area (Å²) in [7, 11) is 1.57. The fourth-order valence-electron chi connectivity index (χ4n) is 2.27. The van der Waals surface area contributed by atoms with Crippen LogP contribution in [0.5, 0.6) is 5.75 Å². The predicted molar refractivity (Wildman–Crippen MR) is 106 cm³/mol. The molecule has 8 nitrogen and oxygen atoms in total. The second-order valence-electron chi connectivity index (χ2n) is 6.21. The van der Waals surface area contributed by atoms with Crippen LogP contribution in [0, 0.1) is 0 Å². The minimum absolute atomic E-state index is 0.191. The topological polar surface area (TPSA) is 107 Å². The number of benzene rings is 1. The highest BCUT2D eigenvalue weighted by molar-refractivity contribution is 5.94. The molecule has 0 fully saturated rings. The first kappa shape index (κ1) is 21.7. The van der Waals surface area contributed by atoms with Gasteiger partial charge in [0, 0.05) is 6.08 Å². The Morgan fingerprint density at radius 3 is 2.48 bits per heavy atom. The van der Waals surface area contributed by atoms with Crippen molar-refractivity contribution >= 4 is 23.9 Å². The lowest BCUT2D eigenvalue weighted by Crippen LogP contribution is -2.43. The van der Waals surface area contributed by atoms with Crippen LogP contribution in [-0.2, 0) is 25.7 Å². The molecular weight excluding hydrogens is 376 g/mol. The molecule has 1 heterocycles. The largest absolute Gasteiger partial charge is 0.497 e. The quantitative estimate of drug-likeness (QED) is 0.493. The van der Waals surface area contributed by atoms with Gasteiger partial charge in [0.2, 0.25) is 5.91 Å². The number of rotatable bonds is 9. The molecule has 0 aliphatic heterocycles. The van der Waals surface area contributed by atoms with Crippen molar-refractivity contribution in [3.05, 3.63) is 60.1 Å². The minimum Gasteiger partial charge on any atom is -0.497 e. The van der Waals surface area contributed by atoms with Gasteiger partial charge in [0.05, 0.1) is 19.9 Å². The molecule has 0 aliphatic carbocycles. The van der Waals surface area contributed by atoms with Crippen molar-refractivity contribution in [2.24, 2.45) is 0 Å². The number of nitrogens with one attached hydrogen (secondary N) is 2. The molecule has 0 aliphatic rings. The first-order valence-corrected chi connectivity index (χ1v) is 9.02. The normalized spacial score (nSPS) is 12.8. The number of esters is 1. The molecule has 0 saturated carbocycles. The number of carbonyl (C=O) groups is 3. The van der Waals surface area contributed by atoms with Gasteiger partial charge in [-0.15, -0.1) is 0 Å². The summed E-state index contributed by atoms with van der Waals surface area (Å²) in [4.78, 5) is 36.1. The fraction of sp³-hybridized carbons (Fsp3) is 0.286.